The van der Waals surface area contributed by atoms with Gasteiger partial charge in [-0.2, -0.15) is 0 Å². The lowest BCUT2D eigenvalue weighted by Crippen LogP contribution is -2.26. The minimum atomic E-state index is 0.0150. The predicted octanol–water partition coefficient (Wildman–Crippen LogP) is 3.38. The van der Waals surface area contributed by atoms with Gasteiger partial charge in [0.25, 0.3) is 0 Å². The summed E-state index contributed by atoms with van der Waals surface area (Å²) in [5.41, 5.74) is 8.81. The number of hydrogen-bond donors (Lipinski definition) is 1. The molecular formula is C15H23NO. The third kappa shape index (κ3) is 2.88. The molecule has 0 radical (unpaired) electrons. The Morgan fingerprint density at radius 2 is 1.71 bits per heavy atom. The van der Waals surface area contributed by atoms with Gasteiger partial charge in [-0.25, -0.2) is 0 Å². The summed E-state index contributed by atoms with van der Waals surface area (Å²) >= 11 is 0. The lowest BCUT2D eigenvalue weighted by atomic mass is 9.96. The van der Waals surface area contributed by atoms with E-state index in [4.69, 9.17) is 10.5 Å². The van der Waals surface area contributed by atoms with Crippen molar-refractivity contribution in [1.29, 1.82) is 0 Å². The van der Waals surface area contributed by atoms with E-state index in [1.54, 1.807) is 0 Å². The van der Waals surface area contributed by atoms with E-state index in [-0.39, 0.29) is 12.1 Å². The van der Waals surface area contributed by atoms with Crippen LogP contribution in [-0.4, -0.2) is 12.2 Å². The third-order valence-corrected chi connectivity index (χ3v) is 3.65. The van der Waals surface area contributed by atoms with E-state index in [1.807, 2.05) is 0 Å². The van der Waals surface area contributed by atoms with Crippen LogP contribution in [0.15, 0.2) is 24.3 Å². The van der Waals surface area contributed by atoms with Crippen LogP contribution in [0.4, 0.5) is 0 Å². The van der Waals surface area contributed by atoms with Crippen molar-refractivity contribution in [3.63, 3.8) is 0 Å². The lowest BCUT2D eigenvalue weighted by molar-refractivity contribution is 0.0401. The molecule has 1 saturated heterocycles. The molecule has 1 heterocycles. The Bertz CT molecular complexity index is 358. The van der Waals surface area contributed by atoms with Crippen molar-refractivity contribution in [2.24, 2.45) is 5.73 Å². The highest BCUT2D eigenvalue weighted by molar-refractivity contribution is 5.27. The Balaban J connectivity index is 2.06. The monoisotopic (exact) mass is 233 g/mol. The molecular weight excluding hydrogens is 210 g/mol. The second-order valence-corrected chi connectivity index (χ2v) is 5.41. The molecule has 3 atom stereocenters. The van der Waals surface area contributed by atoms with Gasteiger partial charge in [-0.3, -0.25) is 0 Å². The first-order valence-corrected chi connectivity index (χ1v) is 6.59. The van der Waals surface area contributed by atoms with Crippen LogP contribution in [0.1, 0.15) is 56.7 Å². The van der Waals surface area contributed by atoms with Crippen LogP contribution in [0.25, 0.3) is 0 Å². The van der Waals surface area contributed by atoms with Crippen LogP contribution in [0.3, 0.4) is 0 Å². The molecule has 2 N–H and O–H groups in total. The molecule has 2 nitrogen and oxygen atoms in total. The topological polar surface area (TPSA) is 35.2 Å². The average molecular weight is 233 g/mol. The van der Waals surface area contributed by atoms with Crippen LogP contribution in [0, 0.1) is 0 Å². The van der Waals surface area contributed by atoms with Gasteiger partial charge in [-0.15, -0.1) is 0 Å². The van der Waals surface area contributed by atoms with Crippen molar-refractivity contribution in [2.75, 3.05) is 0 Å². The second-order valence-electron chi connectivity index (χ2n) is 5.41. The Morgan fingerprint density at radius 3 is 2.18 bits per heavy atom. The van der Waals surface area contributed by atoms with E-state index in [0.29, 0.717) is 12.0 Å². The molecule has 17 heavy (non-hydrogen) atoms. The fourth-order valence-corrected chi connectivity index (χ4v) is 2.42. The molecule has 0 bridgehead atoms. The number of hydrogen-bond acceptors (Lipinski definition) is 2. The Morgan fingerprint density at radius 1 is 1.12 bits per heavy atom. The van der Waals surface area contributed by atoms with Gasteiger partial charge >= 0.3 is 0 Å². The zero-order valence-electron chi connectivity index (χ0n) is 11.0. The quantitative estimate of drug-likeness (QED) is 0.868. The van der Waals surface area contributed by atoms with Gasteiger partial charge in [0, 0.05) is 0 Å². The van der Waals surface area contributed by atoms with E-state index >= 15 is 0 Å². The summed E-state index contributed by atoms with van der Waals surface area (Å²) < 4.78 is 5.83. The maximum absolute atomic E-state index is 6.26. The summed E-state index contributed by atoms with van der Waals surface area (Å²) in [4.78, 5) is 0. The summed E-state index contributed by atoms with van der Waals surface area (Å²) in [6.45, 7) is 6.53. The van der Waals surface area contributed by atoms with Gasteiger partial charge in [0.1, 0.15) is 0 Å². The normalized spacial score (nSPS) is 26.4. The number of benzene rings is 1. The first-order chi connectivity index (χ1) is 8.08. The Kier molecular flexibility index (Phi) is 3.85. The molecule has 3 unspecified atom stereocenters. The average Bonchev–Trinajstić information content (AvgIpc) is 2.75. The second kappa shape index (κ2) is 5.19. The number of ether oxygens (including phenoxy) is 1. The highest BCUT2D eigenvalue weighted by Gasteiger charge is 2.28. The maximum atomic E-state index is 6.26. The fourth-order valence-electron chi connectivity index (χ4n) is 2.42. The molecule has 1 aliphatic heterocycles. The molecule has 94 valence electrons. The van der Waals surface area contributed by atoms with E-state index in [2.05, 4.69) is 45.0 Å². The summed E-state index contributed by atoms with van der Waals surface area (Å²) in [7, 11) is 0. The summed E-state index contributed by atoms with van der Waals surface area (Å²) in [6.07, 6.45) is 2.76. The van der Waals surface area contributed by atoms with Gasteiger partial charge in [0.2, 0.25) is 0 Å². The molecule has 1 fully saturated rings. The van der Waals surface area contributed by atoms with Crippen molar-refractivity contribution in [3.8, 4) is 0 Å². The third-order valence-electron chi connectivity index (χ3n) is 3.65. The fraction of sp³-hybridized carbons (Fsp3) is 0.600. The van der Waals surface area contributed by atoms with E-state index in [9.17, 15) is 0 Å². The molecule has 1 aromatic rings. The number of nitrogens with two attached hydrogens (primary N) is 1. The van der Waals surface area contributed by atoms with E-state index in [0.717, 1.165) is 12.8 Å². The zero-order chi connectivity index (χ0) is 12.4. The molecule has 2 rings (SSSR count). The molecule has 1 aliphatic rings. The van der Waals surface area contributed by atoms with Gasteiger partial charge in [0.15, 0.2) is 0 Å². The SMILES string of the molecule is CC1CCC(C(N)c2ccc(C(C)C)cc2)O1. The molecule has 0 spiro atoms. The van der Waals surface area contributed by atoms with Crippen molar-refractivity contribution in [3.05, 3.63) is 35.4 Å². The van der Waals surface area contributed by atoms with E-state index in [1.165, 1.54) is 11.1 Å². The first kappa shape index (κ1) is 12.6. The van der Waals surface area contributed by atoms with Crippen LogP contribution < -0.4 is 5.73 Å². The van der Waals surface area contributed by atoms with Gasteiger partial charge in [-0.05, 0) is 36.8 Å². The van der Waals surface area contributed by atoms with Gasteiger partial charge < -0.3 is 10.5 Å². The summed E-state index contributed by atoms with van der Waals surface area (Å²) in [5, 5.41) is 0. The first-order valence-electron chi connectivity index (χ1n) is 6.59. The minimum Gasteiger partial charge on any atom is -0.373 e. The molecule has 2 heteroatoms. The molecule has 0 aromatic heterocycles. The van der Waals surface area contributed by atoms with Crippen molar-refractivity contribution >= 4 is 0 Å². The van der Waals surface area contributed by atoms with Gasteiger partial charge in [-0.1, -0.05) is 38.1 Å². The molecule has 0 aliphatic carbocycles. The predicted molar refractivity (Wildman–Crippen MR) is 71.0 cm³/mol. The molecule has 1 aromatic carbocycles. The smallest absolute Gasteiger partial charge is 0.0772 e. The molecule has 0 amide bonds. The van der Waals surface area contributed by atoms with Crippen LogP contribution >= 0.6 is 0 Å². The van der Waals surface area contributed by atoms with Crippen molar-refractivity contribution in [1.82, 2.24) is 0 Å². The number of rotatable bonds is 3. The highest BCUT2D eigenvalue weighted by atomic mass is 16.5. The summed E-state index contributed by atoms with van der Waals surface area (Å²) in [6, 6.07) is 8.66. The van der Waals surface area contributed by atoms with Crippen LogP contribution in [0.2, 0.25) is 0 Å². The van der Waals surface area contributed by atoms with E-state index < -0.39 is 0 Å². The maximum Gasteiger partial charge on any atom is 0.0772 e. The van der Waals surface area contributed by atoms with Gasteiger partial charge in [0.05, 0.1) is 18.2 Å². The van der Waals surface area contributed by atoms with Crippen LogP contribution in [-0.2, 0) is 4.74 Å². The summed E-state index contributed by atoms with van der Waals surface area (Å²) in [5.74, 6) is 0.572. The standard InChI is InChI=1S/C15H23NO/c1-10(2)12-5-7-13(8-6-12)15(16)14-9-4-11(3)17-14/h5-8,10-11,14-15H,4,9,16H2,1-3H3. The zero-order valence-corrected chi connectivity index (χ0v) is 11.0. The lowest BCUT2D eigenvalue weighted by Gasteiger charge is -2.20. The largest absolute Gasteiger partial charge is 0.373 e. The molecule has 0 saturated carbocycles. The van der Waals surface area contributed by atoms with Crippen molar-refractivity contribution < 1.29 is 4.74 Å². The van der Waals surface area contributed by atoms with Crippen molar-refractivity contribution in [2.45, 2.75) is 57.8 Å². The minimum absolute atomic E-state index is 0.0150. The Hall–Kier alpha value is -0.860. The highest BCUT2D eigenvalue weighted by Crippen LogP contribution is 2.29. The Labute approximate surface area is 104 Å². The van der Waals surface area contributed by atoms with Crippen LogP contribution in [0.5, 0.6) is 0 Å².